The fourth-order valence-corrected chi connectivity index (χ4v) is 3.90. The minimum atomic E-state index is 0.0716. The highest BCUT2D eigenvalue weighted by Gasteiger charge is 2.25. The average Bonchev–Trinajstić information content (AvgIpc) is 2.38. The van der Waals surface area contributed by atoms with Crippen molar-refractivity contribution in [1.29, 1.82) is 0 Å². The predicted molar refractivity (Wildman–Crippen MR) is 86.6 cm³/mol. The van der Waals surface area contributed by atoms with Gasteiger partial charge in [-0.05, 0) is 43.4 Å². The lowest BCUT2D eigenvalue weighted by molar-refractivity contribution is 0.321. The second kappa shape index (κ2) is 6.27. The van der Waals surface area contributed by atoms with Crippen LogP contribution in [0.25, 0.3) is 0 Å². The molecule has 3 heteroatoms. The van der Waals surface area contributed by atoms with Crippen LogP contribution in [0.1, 0.15) is 51.1 Å². The predicted octanol–water partition coefficient (Wildman–Crippen LogP) is 4.48. The van der Waals surface area contributed by atoms with Crippen LogP contribution in [-0.2, 0) is 0 Å². The maximum atomic E-state index is 5.96. The molecule has 1 aliphatic carbocycles. The summed E-state index contributed by atoms with van der Waals surface area (Å²) in [5.41, 5.74) is 8.42. The van der Waals surface area contributed by atoms with Crippen molar-refractivity contribution < 1.29 is 0 Å². The van der Waals surface area contributed by atoms with E-state index in [1.807, 2.05) is 6.92 Å². The lowest BCUT2D eigenvalue weighted by atomic mass is 9.85. The number of halogens is 1. The van der Waals surface area contributed by atoms with Crippen molar-refractivity contribution in [3.05, 3.63) is 28.2 Å². The van der Waals surface area contributed by atoms with Gasteiger partial charge in [0, 0.05) is 29.3 Å². The first-order valence-corrected chi connectivity index (χ1v) is 8.08. The highest BCUT2D eigenvalue weighted by atomic mass is 79.9. The number of hydrogen-bond acceptors (Lipinski definition) is 2. The Balaban J connectivity index is 2.19. The maximum Gasteiger partial charge on any atom is 0.0377 e. The third-order valence-electron chi connectivity index (χ3n) is 4.45. The standard InChI is InChI=1S/C16H25BrN2/c1-11-6-4-5-7-16(11)19(3)13-8-9-14(12(2)18)15(17)10-13/h8-12,16H,4-7,18H2,1-3H3. The Morgan fingerprint density at radius 3 is 2.58 bits per heavy atom. The number of benzene rings is 1. The van der Waals surface area contributed by atoms with E-state index in [0.717, 1.165) is 10.4 Å². The van der Waals surface area contributed by atoms with Crippen LogP contribution >= 0.6 is 15.9 Å². The number of hydrogen-bond donors (Lipinski definition) is 1. The van der Waals surface area contributed by atoms with Gasteiger partial charge in [0.2, 0.25) is 0 Å². The third kappa shape index (κ3) is 3.32. The van der Waals surface area contributed by atoms with Gasteiger partial charge in [0.25, 0.3) is 0 Å². The molecular formula is C16H25BrN2. The van der Waals surface area contributed by atoms with Crippen LogP contribution in [0.3, 0.4) is 0 Å². The van der Waals surface area contributed by atoms with Crippen LogP contribution < -0.4 is 10.6 Å². The third-order valence-corrected chi connectivity index (χ3v) is 5.13. The summed E-state index contributed by atoms with van der Waals surface area (Å²) in [6.45, 7) is 4.40. The summed E-state index contributed by atoms with van der Waals surface area (Å²) in [4.78, 5) is 2.44. The van der Waals surface area contributed by atoms with E-state index in [9.17, 15) is 0 Å². The van der Waals surface area contributed by atoms with Gasteiger partial charge < -0.3 is 10.6 Å². The Hall–Kier alpha value is -0.540. The molecule has 106 valence electrons. The Bertz CT molecular complexity index is 431. The Kier molecular flexibility index (Phi) is 4.91. The van der Waals surface area contributed by atoms with Crippen LogP contribution in [0.2, 0.25) is 0 Å². The zero-order chi connectivity index (χ0) is 14.0. The summed E-state index contributed by atoms with van der Waals surface area (Å²) in [6.07, 6.45) is 5.41. The number of rotatable bonds is 3. The molecule has 0 aromatic heterocycles. The maximum absolute atomic E-state index is 5.96. The quantitative estimate of drug-likeness (QED) is 0.887. The van der Waals surface area contributed by atoms with Gasteiger partial charge in [0.05, 0.1) is 0 Å². The van der Waals surface area contributed by atoms with Gasteiger partial charge >= 0.3 is 0 Å². The minimum Gasteiger partial charge on any atom is -0.371 e. The van der Waals surface area contributed by atoms with Crippen molar-refractivity contribution >= 4 is 21.6 Å². The van der Waals surface area contributed by atoms with Gasteiger partial charge in [-0.15, -0.1) is 0 Å². The molecule has 1 aliphatic rings. The molecule has 0 spiro atoms. The largest absolute Gasteiger partial charge is 0.371 e. The van der Waals surface area contributed by atoms with Crippen molar-refractivity contribution in [3.63, 3.8) is 0 Å². The second-order valence-corrected chi connectivity index (χ2v) is 6.79. The van der Waals surface area contributed by atoms with Gasteiger partial charge in [0.15, 0.2) is 0 Å². The molecule has 2 nitrogen and oxygen atoms in total. The molecule has 1 saturated carbocycles. The molecule has 0 heterocycles. The average molecular weight is 325 g/mol. The highest BCUT2D eigenvalue weighted by Crippen LogP contribution is 2.33. The first-order chi connectivity index (χ1) is 9.00. The van der Waals surface area contributed by atoms with Crippen molar-refractivity contribution in [3.8, 4) is 0 Å². The SMILES string of the molecule is CC(N)c1ccc(N(C)C2CCCCC2C)cc1Br. The molecule has 0 aliphatic heterocycles. The Labute approximate surface area is 125 Å². The van der Waals surface area contributed by atoms with E-state index in [-0.39, 0.29) is 6.04 Å². The summed E-state index contributed by atoms with van der Waals surface area (Å²) >= 11 is 3.65. The molecule has 1 aromatic carbocycles. The second-order valence-electron chi connectivity index (χ2n) is 5.93. The van der Waals surface area contributed by atoms with Gasteiger partial charge in [-0.2, -0.15) is 0 Å². The minimum absolute atomic E-state index is 0.0716. The molecule has 2 N–H and O–H groups in total. The number of anilines is 1. The lowest BCUT2D eigenvalue weighted by Crippen LogP contribution is -2.39. The molecule has 1 aromatic rings. The molecule has 0 bridgehead atoms. The molecular weight excluding hydrogens is 300 g/mol. The fraction of sp³-hybridized carbons (Fsp3) is 0.625. The van der Waals surface area contributed by atoms with Crippen LogP contribution in [0.4, 0.5) is 5.69 Å². The summed E-state index contributed by atoms with van der Waals surface area (Å²) in [5, 5.41) is 0. The van der Waals surface area contributed by atoms with Crippen molar-refractivity contribution in [2.24, 2.45) is 11.7 Å². The summed E-state index contributed by atoms with van der Waals surface area (Å²) in [7, 11) is 2.22. The van der Waals surface area contributed by atoms with Crippen molar-refractivity contribution in [2.75, 3.05) is 11.9 Å². The van der Waals surface area contributed by atoms with E-state index in [1.54, 1.807) is 0 Å². The Morgan fingerprint density at radius 2 is 2.00 bits per heavy atom. The van der Waals surface area contributed by atoms with E-state index in [0.29, 0.717) is 6.04 Å². The molecule has 3 unspecified atom stereocenters. The van der Waals surface area contributed by atoms with Crippen LogP contribution in [-0.4, -0.2) is 13.1 Å². The van der Waals surface area contributed by atoms with E-state index < -0.39 is 0 Å². The van der Waals surface area contributed by atoms with Gasteiger partial charge in [-0.3, -0.25) is 0 Å². The van der Waals surface area contributed by atoms with Gasteiger partial charge in [-0.25, -0.2) is 0 Å². The molecule has 3 atom stereocenters. The van der Waals surface area contributed by atoms with Gasteiger partial charge in [-0.1, -0.05) is 41.8 Å². The van der Waals surface area contributed by atoms with E-state index >= 15 is 0 Å². The van der Waals surface area contributed by atoms with E-state index in [2.05, 4.69) is 53.0 Å². The monoisotopic (exact) mass is 324 g/mol. The van der Waals surface area contributed by atoms with Crippen LogP contribution in [0.15, 0.2) is 22.7 Å². The molecule has 0 saturated heterocycles. The molecule has 1 fully saturated rings. The first kappa shape index (κ1) is 14.9. The summed E-state index contributed by atoms with van der Waals surface area (Å²) < 4.78 is 1.12. The topological polar surface area (TPSA) is 29.3 Å². The molecule has 19 heavy (non-hydrogen) atoms. The van der Waals surface area contributed by atoms with Crippen molar-refractivity contribution in [1.82, 2.24) is 0 Å². The van der Waals surface area contributed by atoms with Crippen LogP contribution in [0.5, 0.6) is 0 Å². The molecule has 2 rings (SSSR count). The first-order valence-electron chi connectivity index (χ1n) is 7.28. The molecule has 0 amide bonds. The zero-order valence-corrected chi connectivity index (χ0v) is 13.8. The Morgan fingerprint density at radius 1 is 1.32 bits per heavy atom. The van der Waals surface area contributed by atoms with Crippen molar-refractivity contribution in [2.45, 2.75) is 51.6 Å². The van der Waals surface area contributed by atoms with E-state index in [4.69, 9.17) is 5.73 Å². The van der Waals surface area contributed by atoms with E-state index in [1.165, 1.54) is 36.9 Å². The summed E-state index contributed by atoms with van der Waals surface area (Å²) in [5.74, 6) is 0.783. The smallest absolute Gasteiger partial charge is 0.0377 e. The summed E-state index contributed by atoms with van der Waals surface area (Å²) in [6, 6.07) is 7.29. The zero-order valence-electron chi connectivity index (χ0n) is 12.2. The lowest BCUT2D eigenvalue weighted by Gasteiger charge is -2.38. The number of nitrogens with zero attached hydrogens (tertiary/aromatic N) is 1. The normalized spacial score (nSPS) is 25.1. The highest BCUT2D eigenvalue weighted by molar-refractivity contribution is 9.10. The van der Waals surface area contributed by atoms with Crippen LogP contribution in [0, 0.1) is 5.92 Å². The van der Waals surface area contributed by atoms with Gasteiger partial charge in [0.1, 0.15) is 0 Å². The fourth-order valence-electron chi connectivity index (χ4n) is 3.17. The number of nitrogens with two attached hydrogens (primary N) is 1. The molecule has 0 radical (unpaired) electrons.